The van der Waals surface area contributed by atoms with Crippen molar-refractivity contribution in [2.75, 3.05) is 6.61 Å². The van der Waals surface area contributed by atoms with E-state index in [1.807, 2.05) is 0 Å². The Hall–Kier alpha value is -0.610. The fourth-order valence-electron chi connectivity index (χ4n) is 1.98. The van der Waals surface area contributed by atoms with Gasteiger partial charge in [0.15, 0.2) is 0 Å². The smallest absolute Gasteiger partial charge is 0.234 e. The lowest BCUT2D eigenvalue weighted by molar-refractivity contribution is -0.120. The summed E-state index contributed by atoms with van der Waals surface area (Å²) in [7, 11) is 0. The van der Waals surface area contributed by atoms with E-state index in [9.17, 15) is 4.79 Å². The average molecular weight is 156 g/mol. The number of nitrogens with two attached hydrogens (primary N) is 1. The first-order valence-electron chi connectivity index (χ1n) is 3.86. The van der Waals surface area contributed by atoms with E-state index >= 15 is 0 Å². The lowest BCUT2D eigenvalue weighted by atomic mass is 10.2. The first kappa shape index (κ1) is 7.06. The SMILES string of the molecule is NC(=O)C1CC2CC2(CO)N1. The molecule has 2 fully saturated rings. The molecule has 1 aliphatic heterocycles. The predicted octanol–water partition coefficient (Wildman–Crippen LogP) is -1.42. The van der Waals surface area contributed by atoms with Gasteiger partial charge in [-0.15, -0.1) is 0 Å². The third-order valence-electron chi connectivity index (χ3n) is 2.84. The molecule has 1 aliphatic carbocycles. The molecule has 62 valence electrons. The highest BCUT2D eigenvalue weighted by Crippen LogP contribution is 2.51. The Morgan fingerprint density at radius 2 is 2.55 bits per heavy atom. The van der Waals surface area contributed by atoms with Crippen molar-refractivity contribution < 1.29 is 9.90 Å². The maximum atomic E-state index is 10.7. The summed E-state index contributed by atoms with van der Waals surface area (Å²) < 4.78 is 0. The van der Waals surface area contributed by atoms with Gasteiger partial charge in [0.05, 0.1) is 12.6 Å². The van der Waals surface area contributed by atoms with Crippen molar-refractivity contribution in [3.05, 3.63) is 0 Å². The number of aliphatic hydroxyl groups is 1. The summed E-state index contributed by atoms with van der Waals surface area (Å²) in [4.78, 5) is 10.7. The second-order valence-corrected chi connectivity index (χ2v) is 3.55. The molecule has 11 heavy (non-hydrogen) atoms. The third-order valence-corrected chi connectivity index (χ3v) is 2.84. The van der Waals surface area contributed by atoms with Crippen LogP contribution in [0.15, 0.2) is 0 Å². The van der Waals surface area contributed by atoms with Gasteiger partial charge in [-0.25, -0.2) is 0 Å². The summed E-state index contributed by atoms with van der Waals surface area (Å²) in [6, 6.07) is -0.208. The van der Waals surface area contributed by atoms with Crippen molar-refractivity contribution in [2.45, 2.75) is 24.4 Å². The molecule has 0 radical (unpaired) electrons. The maximum absolute atomic E-state index is 10.7. The standard InChI is InChI=1S/C7H12N2O2/c8-6(11)5-1-4-2-7(4,3-10)9-5/h4-5,9-10H,1-3H2,(H2,8,11). The molecule has 3 atom stereocenters. The van der Waals surface area contributed by atoms with Crippen LogP contribution < -0.4 is 11.1 Å². The highest BCUT2D eigenvalue weighted by atomic mass is 16.3. The number of aliphatic hydroxyl groups excluding tert-OH is 1. The number of carbonyl (C=O) groups excluding carboxylic acids is 1. The maximum Gasteiger partial charge on any atom is 0.234 e. The second-order valence-electron chi connectivity index (χ2n) is 3.55. The van der Waals surface area contributed by atoms with Crippen LogP contribution in [0, 0.1) is 5.92 Å². The summed E-state index contributed by atoms with van der Waals surface area (Å²) in [6.07, 6.45) is 1.79. The number of rotatable bonds is 2. The normalized spacial score (nSPS) is 47.0. The minimum atomic E-state index is -0.301. The number of hydrogen-bond donors (Lipinski definition) is 3. The summed E-state index contributed by atoms with van der Waals surface area (Å²) in [5.74, 6) is 0.176. The van der Waals surface area contributed by atoms with Crippen LogP contribution in [0.5, 0.6) is 0 Å². The average Bonchev–Trinajstić information content (AvgIpc) is 2.55. The Labute approximate surface area is 64.8 Å². The van der Waals surface area contributed by atoms with Crippen molar-refractivity contribution in [1.29, 1.82) is 0 Å². The van der Waals surface area contributed by atoms with Crippen LogP contribution in [0.3, 0.4) is 0 Å². The fourth-order valence-corrected chi connectivity index (χ4v) is 1.98. The van der Waals surface area contributed by atoms with Gasteiger partial charge < -0.3 is 10.8 Å². The summed E-state index contributed by atoms with van der Waals surface area (Å²) in [6.45, 7) is 0.126. The molecule has 0 spiro atoms. The molecule has 4 nitrogen and oxygen atoms in total. The Kier molecular flexibility index (Phi) is 1.25. The topological polar surface area (TPSA) is 75.4 Å². The zero-order chi connectivity index (χ0) is 8.06. The van der Waals surface area contributed by atoms with Crippen LogP contribution in [0.4, 0.5) is 0 Å². The molecule has 1 heterocycles. The lowest BCUT2D eigenvalue weighted by Crippen LogP contribution is -2.44. The van der Waals surface area contributed by atoms with Crippen molar-refractivity contribution in [3.63, 3.8) is 0 Å². The van der Waals surface area contributed by atoms with Crippen LogP contribution in [0.1, 0.15) is 12.8 Å². The van der Waals surface area contributed by atoms with Crippen LogP contribution in [-0.2, 0) is 4.79 Å². The Bertz CT molecular complexity index is 203. The van der Waals surface area contributed by atoms with E-state index in [1.54, 1.807) is 0 Å². The van der Waals surface area contributed by atoms with Gasteiger partial charge in [0, 0.05) is 5.54 Å². The van der Waals surface area contributed by atoms with Crippen LogP contribution in [-0.4, -0.2) is 29.2 Å². The predicted molar refractivity (Wildman–Crippen MR) is 38.7 cm³/mol. The molecule has 1 saturated heterocycles. The monoisotopic (exact) mass is 156 g/mol. The van der Waals surface area contributed by atoms with E-state index in [0.29, 0.717) is 5.92 Å². The summed E-state index contributed by atoms with van der Waals surface area (Å²) >= 11 is 0. The quantitative estimate of drug-likeness (QED) is 0.459. The number of hydrogen-bond acceptors (Lipinski definition) is 3. The highest BCUT2D eigenvalue weighted by molar-refractivity contribution is 5.80. The van der Waals surface area contributed by atoms with Crippen LogP contribution >= 0.6 is 0 Å². The molecule has 3 unspecified atom stereocenters. The number of amides is 1. The van der Waals surface area contributed by atoms with E-state index in [0.717, 1.165) is 12.8 Å². The van der Waals surface area contributed by atoms with Gasteiger partial charge in [-0.2, -0.15) is 0 Å². The molecular formula is C7H12N2O2. The fraction of sp³-hybridized carbons (Fsp3) is 0.857. The molecule has 4 heteroatoms. The minimum Gasteiger partial charge on any atom is -0.394 e. The number of nitrogens with one attached hydrogen (secondary N) is 1. The van der Waals surface area contributed by atoms with Crippen molar-refractivity contribution in [2.24, 2.45) is 11.7 Å². The van der Waals surface area contributed by atoms with Gasteiger partial charge >= 0.3 is 0 Å². The molecule has 2 rings (SSSR count). The Balaban J connectivity index is 2.02. The highest BCUT2D eigenvalue weighted by Gasteiger charge is 2.60. The summed E-state index contributed by atoms with van der Waals surface area (Å²) in [5, 5.41) is 12.0. The molecule has 4 N–H and O–H groups in total. The van der Waals surface area contributed by atoms with Crippen molar-refractivity contribution in [1.82, 2.24) is 5.32 Å². The largest absolute Gasteiger partial charge is 0.394 e. The minimum absolute atomic E-state index is 0.126. The van der Waals surface area contributed by atoms with Crippen molar-refractivity contribution in [3.8, 4) is 0 Å². The van der Waals surface area contributed by atoms with E-state index in [-0.39, 0.29) is 24.1 Å². The Morgan fingerprint density at radius 1 is 1.82 bits per heavy atom. The van der Waals surface area contributed by atoms with Crippen molar-refractivity contribution >= 4 is 5.91 Å². The van der Waals surface area contributed by atoms with E-state index in [4.69, 9.17) is 10.8 Å². The van der Waals surface area contributed by atoms with Crippen LogP contribution in [0.2, 0.25) is 0 Å². The molecule has 1 saturated carbocycles. The Morgan fingerprint density at radius 3 is 2.91 bits per heavy atom. The van der Waals surface area contributed by atoms with Gasteiger partial charge in [-0.1, -0.05) is 0 Å². The molecular weight excluding hydrogens is 144 g/mol. The third kappa shape index (κ3) is 0.862. The molecule has 2 aliphatic rings. The van der Waals surface area contributed by atoms with Crippen LogP contribution in [0.25, 0.3) is 0 Å². The van der Waals surface area contributed by atoms with E-state index in [2.05, 4.69) is 5.32 Å². The molecule has 1 amide bonds. The van der Waals surface area contributed by atoms with Gasteiger partial charge in [0.2, 0.25) is 5.91 Å². The molecule has 0 aromatic carbocycles. The number of piperidine rings is 1. The molecule has 0 bridgehead atoms. The first-order valence-corrected chi connectivity index (χ1v) is 3.86. The number of carbonyl (C=O) groups is 1. The molecule has 0 aromatic heterocycles. The van der Waals surface area contributed by atoms with Gasteiger partial charge in [-0.05, 0) is 18.8 Å². The first-order chi connectivity index (χ1) is 5.18. The van der Waals surface area contributed by atoms with E-state index < -0.39 is 0 Å². The lowest BCUT2D eigenvalue weighted by Gasteiger charge is -2.13. The zero-order valence-electron chi connectivity index (χ0n) is 6.21. The second kappa shape index (κ2) is 1.95. The molecule has 0 aromatic rings. The van der Waals surface area contributed by atoms with Gasteiger partial charge in [0.1, 0.15) is 0 Å². The van der Waals surface area contributed by atoms with E-state index in [1.165, 1.54) is 0 Å². The van der Waals surface area contributed by atoms with Gasteiger partial charge in [-0.3, -0.25) is 10.1 Å². The zero-order valence-corrected chi connectivity index (χ0v) is 6.21. The number of primary amides is 1. The summed E-state index contributed by atoms with van der Waals surface area (Å²) in [5.41, 5.74) is 4.97. The number of fused-ring (bicyclic) bond motifs is 1. The van der Waals surface area contributed by atoms with Gasteiger partial charge in [0.25, 0.3) is 0 Å².